The smallest absolute Gasteiger partial charge is 0.254 e. The van der Waals surface area contributed by atoms with Crippen molar-refractivity contribution in [1.82, 2.24) is 14.8 Å². The summed E-state index contributed by atoms with van der Waals surface area (Å²) in [7, 11) is 0. The molecule has 156 valence electrons. The molecule has 0 N–H and O–H groups in total. The predicted molar refractivity (Wildman–Crippen MR) is 119 cm³/mol. The van der Waals surface area contributed by atoms with Crippen LogP contribution in [0.3, 0.4) is 0 Å². The Bertz CT molecular complexity index is 734. The highest BCUT2D eigenvalue weighted by Crippen LogP contribution is 2.15. The van der Waals surface area contributed by atoms with Crippen LogP contribution in [0.2, 0.25) is 0 Å². The fraction of sp³-hybridized carbons (Fsp3) is 0.478. The van der Waals surface area contributed by atoms with Gasteiger partial charge in [0.25, 0.3) is 5.91 Å². The summed E-state index contributed by atoms with van der Waals surface area (Å²) < 4.78 is 5.42. The van der Waals surface area contributed by atoms with E-state index < -0.39 is 0 Å². The lowest BCUT2D eigenvalue weighted by atomic mass is 10.1. The summed E-state index contributed by atoms with van der Waals surface area (Å²) in [5.74, 6) is 2.19. The first kappa shape index (κ1) is 21.8. The zero-order chi connectivity index (χ0) is 20.3. The molecule has 2 heterocycles. The molecule has 3 rings (SSSR count). The SMILES string of the molecule is CCSCc1ccc(C(=O)N(CCCN2CCOCC2)Cc2ccncc2)cc1. The molecule has 2 aromatic rings. The van der Waals surface area contributed by atoms with E-state index in [-0.39, 0.29) is 5.91 Å². The van der Waals surface area contributed by atoms with Crippen LogP contribution >= 0.6 is 11.8 Å². The molecule has 0 spiro atoms. The van der Waals surface area contributed by atoms with Crippen molar-refractivity contribution in [1.29, 1.82) is 0 Å². The number of nitrogens with zero attached hydrogens (tertiary/aromatic N) is 3. The topological polar surface area (TPSA) is 45.7 Å². The van der Waals surface area contributed by atoms with Gasteiger partial charge >= 0.3 is 0 Å². The molecule has 1 aliphatic rings. The van der Waals surface area contributed by atoms with Crippen LogP contribution in [0.4, 0.5) is 0 Å². The molecule has 1 aromatic carbocycles. The second kappa shape index (κ2) is 12.0. The van der Waals surface area contributed by atoms with E-state index in [2.05, 4.69) is 28.9 Å². The first-order valence-corrected chi connectivity index (χ1v) is 11.6. The Morgan fingerprint density at radius 1 is 1.10 bits per heavy atom. The highest BCUT2D eigenvalue weighted by Gasteiger charge is 2.17. The van der Waals surface area contributed by atoms with E-state index in [1.807, 2.05) is 40.9 Å². The summed E-state index contributed by atoms with van der Waals surface area (Å²) in [6, 6.07) is 12.0. The van der Waals surface area contributed by atoms with Crippen LogP contribution in [0.5, 0.6) is 0 Å². The molecule has 0 saturated carbocycles. The molecule has 5 nitrogen and oxygen atoms in total. The van der Waals surface area contributed by atoms with Gasteiger partial charge in [0.15, 0.2) is 0 Å². The average Bonchev–Trinajstić information content (AvgIpc) is 2.78. The first-order valence-electron chi connectivity index (χ1n) is 10.4. The molecular formula is C23H31N3O2S. The Kier molecular flexibility index (Phi) is 8.99. The number of hydrogen-bond donors (Lipinski definition) is 0. The van der Waals surface area contributed by atoms with Crippen LogP contribution in [0, 0.1) is 0 Å². The van der Waals surface area contributed by atoms with Gasteiger partial charge in [0, 0.05) is 56.4 Å². The molecule has 1 saturated heterocycles. The lowest BCUT2D eigenvalue weighted by molar-refractivity contribution is 0.0355. The molecule has 29 heavy (non-hydrogen) atoms. The van der Waals surface area contributed by atoms with Gasteiger partial charge in [-0.3, -0.25) is 14.7 Å². The molecule has 0 unspecified atom stereocenters. The normalized spacial score (nSPS) is 14.7. The summed E-state index contributed by atoms with van der Waals surface area (Å²) >= 11 is 1.89. The molecule has 1 amide bonds. The molecule has 0 radical (unpaired) electrons. The van der Waals surface area contributed by atoms with Crippen molar-refractivity contribution in [3.05, 3.63) is 65.5 Å². The number of carbonyl (C=O) groups is 1. The Morgan fingerprint density at radius 3 is 2.52 bits per heavy atom. The maximum atomic E-state index is 13.2. The van der Waals surface area contributed by atoms with E-state index >= 15 is 0 Å². The van der Waals surface area contributed by atoms with Crippen molar-refractivity contribution in [3.8, 4) is 0 Å². The molecule has 1 aromatic heterocycles. The maximum absolute atomic E-state index is 13.2. The molecule has 6 heteroatoms. The number of benzene rings is 1. The van der Waals surface area contributed by atoms with Crippen molar-refractivity contribution in [2.75, 3.05) is 45.1 Å². The number of pyridine rings is 1. The molecular weight excluding hydrogens is 382 g/mol. The van der Waals surface area contributed by atoms with Crippen LogP contribution in [-0.4, -0.2) is 65.8 Å². The maximum Gasteiger partial charge on any atom is 0.254 e. The Balaban J connectivity index is 1.63. The average molecular weight is 414 g/mol. The highest BCUT2D eigenvalue weighted by atomic mass is 32.2. The molecule has 0 bridgehead atoms. The minimum atomic E-state index is 0.0958. The fourth-order valence-corrected chi connectivity index (χ4v) is 4.05. The summed E-state index contributed by atoms with van der Waals surface area (Å²) in [5.41, 5.74) is 3.13. The monoisotopic (exact) mass is 413 g/mol. The van der Waals surface area contributed by atoms with Gasteiger partial charge in [-0.25, -0.2) is 0 Å². The van der Waals surface area contributed by atoms with Crippen molar-refractivity contribution in [2.45, 2.75) is 25.6 Å². The van der Waals surface area contributed by atoms with E-state index in [1.54, 1.807) is 12.4 Å². The molecule has 0 atom stereocenters. The number of hydrogen-bond acceptors (Lipinski definition) is 5. The zero-order valence-corrected chi connectivity index (χ0v) is 18.1. The molecule has 1 fully saturated rings. The van der Waals surface area contributed by atoms with Crippen LogP contribution < -0.4 is 0 Å². The minimum absolute atomic E-state index is 0.0958. The van der Waals surface area contributed by atoms with E-state index in [0.717, 1.165) is 68.4 Å². The van der Waals surface area contributed by atoms with Crippen molar-refractivity contribution in [3.63, 3.8) is 0 Å². The first-order chi connectivity index (χ1) is 14.3. The number of ether oxygens (including phenoxy) is 1. The summed E-state index contributed by atoms with van der Waals surface area (Å²) in [5, 5.41) is 0. The van der Waals surface area contributed by atoms with Gasteiger partial charge in [0.05, 0.1) is 13.2 Å². The number of amides is 1. The number of carbonyl (C=O) groups excluding carboxylic acids is 1. The van der Waals surface area contributed by atoms with E-state index in [0.29, 0.717) is 6.54 Å². The summed E-state index contributed by atoms with van der Waals surface area (Å²) in [4.78, 5) is 21.7. The van der Waals surface area contributed by atoms with E-state index in [1.165, 1.54) is 5.56 Å². The second-order valence-electron chi connectivity index (χ2n) is 7.22. The lowest BCUT2D eigenvalue weighted by Gasteiger charge is -2.28. The summed E-state index contributed by atoms with van der Waals surface area (Å²) in [6.07, 6.45) is 4.53. The molecule has 1 aliphatic heterocycles. The van der Waals surface area contributed by atoms with Crippen molar-refractivity contribution in [2.24, 2.45) is 0 Å². The third-order valence-electron chi connectivity index (χ3n) is 5.09. The summed E-state index contributed by atoms with van der Waals surface area (Å²) in [6.45, 7) is 8.09. The lowest BCUT2D eigenvalue weighted by Crippen LogP contribution is -2.39. The van der Waals surface area contributed by atoms with Gasteiger partial charge < -0.3 is 9.64 Å². The van der Waals surface area contributed by atoms with Crippen molar-refractivity contribution >= 4 is 17.7 Å². The Labute approximate surface area is 178 Å². The van der Waals surface area contributed by atoms with E-state index in [4.69, 9.17) is 4.74 Å². The largest absolute Gasteiger partial charge is 0.379 e. The Morgan fingerprint density at radius 2 is 1.83 bits per heavy atom. The van der Waals surface area contributed by atoms with Gasteiger partial charge in [-0.2, -0.15) is 11.8 Å². The van der Waals surface area contributed by atoms with Crippen LogP contribution in [0.15, 0.2) is 48.8 Å². The van der Waals surface area contributed by atoms with Crippen LogP contribution in [0.25, 0.3) is 0 Å². The van der Waals surface area contributed by atoms with Gasteiger partial charge in [0.1, 0.15) is 0 Å². The second-order valence-corrected chi connectivity index (χ2v) is 8.50. The predicted octanol–water partition coefficient (Wildman–Crippen LogP) is 3.70. The fourth-order valence-electron chi connectivity index (χ4n) is 3.42. The van der Waals surface area contributed by atoms with Gasteiger partial charge in [-0.1, -0.05) is 19.1 Å². The third-order valence-corrected chi connectivity index (χ3v) is 6.04. The highest BCUT2D eigenvalue weighted by molar-refractivity contribution is 7.98. The number of morpholine rings is 1. The van der Waals surface area contributed by atoms with Gasteiger partial charge in [-0.05, 0) is 47.6 Å². The molecule has 0 aliphatic carbocycles. The van der Waals surface area contributed by atoms with Crippen LogP contribution in [-0.2, 0) is 17.0 Å². The zero-order valence-electron chi connectivity index (χ0n) is 17.3. The quantitative estimate of drug-likeness (QED) is 0.594. The van der Waals surface area contributed by atoms with E-state index in [9.17, 15) is 4.79 Å². The van der Waals surface area contributed by atoms with Gasteiger partial charge in [-0.15, -0.1) is 0 Å². The number of rotatable bonds is 10. The minimum Gasteiger partial charge on any atom is -0.379 e. The van der Waals surface area contributed by atoms with Crippen molar-refractivity contribution < 1.29 is 9.53 Å². The Hall–Kier alpha value is -1.89. The third kappa shape index (κ3) is 7.14. The number of aromatic nitrogens is 1. The van der Waals surface area contributed by atoms with Gasteiger partial charge in [0.2, 0.25) is 0 Å². The number of thioether (sulfide) groups is 1. The van der Waals surface area contributed by atoms with Crippen LogP contribution in [0.1, 0.15) is 34.8 Å². The standard InChI is InChI=1S/C23H31N3O2S/c1-2-29-19-21-4-6-22(7-5-21)23(27)26(18-20-8-10-24-11-9-20)13-3-12-25-14-16-28-17-15-25/h4-11H,2-3,12-19H2,1H3.